The van der Waals surface area contributed by atoms with E-state index in [1.54, 1.807) is 0 Å². The summed E-state index contributed by atoms with van der Waals surface area (Å²) in [5.41, 5.74) is -0.0513. The third-order valence-corrected chi connectivity index (χ3v) is 4.56. The first kappa shape index (κ1) is 14.3. The Morgan fingerprint density at radius 1 is 1.22 bits per heavy atom. The molecule has 3 nitrogen and oxygen atoms in total. The van der Waals surface area contributed by atoms with Crippen LogP contribution in [0.15, 0.2) is 0 Å². The monoisotopic (exact) mass is 254 g/mol. The van der Waals surface area contributed by atoms with E-state index in [0.717, 1.165) is 12.3 Å². The minimum absolute atomic E-state index is 0.0513. The van der Waals surface area contributed by atoms with Crippen LogP contribution in [0.2, 0.25) is 0 Å². The topological polar surface area (TPSA) is 35.5 Å². The van der Waals surface area contributed by atoms with E-state index in [9.17, 15) is 5.11 Å². The molecule has 0 aromatic heterocycles. The molecule has 0 aromatic carbocycles. The molecular formula is C15H30N2O. The molecule has 0 amide bonds. The summed E-state index contributed by atoms with van der Waals surface area (Å²) >= 11 is 0. The van der Waals surface area contributed by atoms with Crippen molar-refractivity contribution in [1.82, 2.24) is 10.2 Å². The van der Waals surface area contributed by atoms with Gasteiger partial charge in [-0.15, -0.1) is 0 Å². The Hall–Kier alpha value is -0.120. The molecule has 1 saturated heterocycles. The summed E-state index contributed by atoms with van der Waals surface area (Å²) in [7, 11) is 0. The smallest absolute Gasteiger partial charge is 0.0610 e. The van der Waals surface area contributed by atoms with Crippen molar-refractivity contribution in [3.63, 3.8) is 0 Å². The zero-order valence-corrected chi connectivity index (χ0v) is 12.1. The fourth-order valence-corrected chi connectivity index (χ4v) is 2.90. The van der Waals surface area contributed by atoms with E-state index in [1.165, 1.54) is 51.7 Å². The molecule has 18 heavy (non-hydrogen) atoms. The van der Waals surface area contributed by atoms with Crippen LogP contribution >= 0.6 is 0 Å². The van der Waals surface area contributed by atoms with Crippen molar-refractivity contribution >= 4 is 0 Å². The second-order valence-corrected chi connectivity index (χ2v) is 6.77. The van der Waals surface area contributed by atoms with Crippen molar-refractivity contribution in [1.29, 1.82) is 0 Å². The molecule has 1 saturated carbocycles. The molecule has 3 heteroatoms. The van der Waals surface area contributed by atoms with Gasteiger partial charge >= 0.3 is 0 Å². The molecule has 1 heterocycles. The molecule has 1 unspecified atom stereocenters. The highest BCUT2D eigenvalue weighted by Crippen LogP contribution is 2.25. The van der Waals surface area contributed by atoms with E-state index in [4.69, 9.17) is 0 Å². The standard InChI is InChI=1S/C15H30N2O/c1-13-6-10-17(11-7-13)9-3-8-15(2,12-18)16-14-4-5-14/h13-14,16,18H,3-12H2,1-2H3. The van der Waals surface area contributed by atoms with Crippen LogP contribution in [0.5, 0.6) is 0 Å². The molecule has 0 bridgehead atoms. The van der Waals surface area contributed by atoms with Crippen molar-refractivity contribution < 1.29 is 5.11 Å². The summed E-state index contributed by atoms with van der Waals surface area (Å²) in [5.74, 6) is 0.917. The zero-order valence-electron chi connectivity index (χ0n) is 12.1. The second-order valence-electron chi connectivity index (χ2n) is 6.77. The van der Waals surface area contributed by atoms with Crippen LogP contribution in [-0.4, -0.2) is 47.8 Å². The molecule has 106 valence electrons. The largest absolute Gasteiger partial charge is 0.394 e. The fourth-order valence-electron chi connectivity index (χ4n) is 2.90. The van der Waals surface area contributed by atoms with Crippen LogP contribution in [0, 0.1) is 5.92 Å². The molecule has 2 N–H and O–H groups in total. The van der Waals surface area contributed by atoms with Gasteiger partial charge in [0.25, 0.3) is 0 Å². The van der Waals surface area contributed by atoms with Crippen LogP contribution in [0.4, 0.5) is 0 Å². The number of likely N-dealkylation sites (tertiary alicyclic amines) is 1. The lowest BCUT2D eigenvalue weighted by atomic mass is 9.95. The number of piperidine rings is 1. The van der Waals surface area contributed by atoms with E-state index in [-0.39, 0.29) is 12.1 Å². The predicted octanol–water partition coefficient (Wildman–Crippen LogP) is 2.00. The summed E-state index contributed by atoms with van der Waals surface area (Å²) in [6.45, 7) is 8.54. The fraction of sp³-hybridized carbons (Fsp3) is 1.00. The van der Waals surface area contributed by atoms with E-state index in [1.807, 2.05) is 0 Å². The average Bonchev–Trinajstić information content (AvgIpc) is 3.15. The van der Waals surface area contributed by atoms with Crippen molar-refractivity contribution in [2.45, 2.75) is 64.0 Å². The number of hydrogen-bond acceptors (Lipinski definition) is 3. The Morgan fingerprint density at radius 2 is 1.89 bits per heavy atom. The first-order chi connectivity index (χ1) is 8.61. The first-order valence-corrected chi connectivity index (χ1v) is 7.72. The maximum Gasteiger partial charge on any atom is 0.0610 e. The van der Waals surface area contributed by atoms with Gasteiger partial charge in [-0.05, 0) is 71.0 Å². The number of aliphatic hydroxyl groups excluding tert-OH is 1. The normalized spacial score (nSPS) is 26.2. The maximum absolute atomic E-state index is 9.56. The summed E-state index contributed by atoms with van der Waals surface area (Å²) in [6.07, 6.45) is 7.59. The summed E-state index contributed by atoms with van der Waals surface area (Å²) in [4.78, 5) is 2.59. The SMILES string of the molecule is CC1CCN(CCCC(C)(CO)NC2CC2)CC1. The maximum atomic E-state index is 9.56. The minimum Gasteiger partial charge on any atom is -0.394 e. The molecule has 2 rings (SSSR count). The first-order valence-electron chi connectivity index (χ1n) is 7.72. The van der Waals surface area contributed by atoms with Crippen LogP contribution in [0.1, 0.15) is 52.4 Å². The number of hydrogen-bond donors (Lipinski definition) is 2. The van der Waals surface area contributed by atoms with Gasteiger partial charge in [0.05, 0.1) is 6.61 Å². The average molecular weight is 254 g/mol. The zero-order chi connectivity index (χ0) is 13.0. The minimum atomic E-state index is -0.0513. The Morgan fingerprint density at radius 3 is 2.44 bits per heavy atom. The van der Waals surface area contributed by atoms with Crippen molar-refractivity contribution in [3.05, 3.63) is 0 Å². The molecule has 1 aliphatic heterocycles. The highest BCUT2D eigenvalue weighted by molar-refractivity contribution is 4.92. The van der Waals surface area contributed by atoms with Gasteiger partial charge in [0.1, 0.15) is 0 Å². The van der Waals surface area contributed by atoms with Crippen molar-refractivity contribution in [3.8, 4) is 0 Å². The lowest BCUT2D eigenvalue weighted by Crippen LogP contribution is -2.47. The van der Waals surface area contributed by atoms with Gasteiger partial charge < -0.3 is 15.3 Å². The Bertz CT molecular complexity index is 247. The summed E-state index contributed by atoms with van der Waals surface area (Å²) in [5, 5.41) is 13.2. The lowest BCUT2D eigenvalue weighted by molar-refractivity contribution is 0.145. The predicted molar refractivity (Wildman–Crippen MR) is 75.7 cm³/mol. The summed E-state index contributed by atoms with van der Waals surface area (Å²) < 4.78 is 0. The van der Waals surface area contributed by atoms with Crippen molar-refractivity contribution in [2.75, 3.05) is 26.2 Å². The second kappa shape index (κ2) is 6.36. The summed E-state index contributed by atoms with van der Waals surface area (Å²) in [6, 6.07) is 0.679. The number of aliphatic hydroxyl groups is 1. The van der Waals surface area contributed by atoms with Crippen LogP contribution in [-0.2, 0) is 0 Å². The van der Waals surface area contributed by atoms with E-state index >= 15 is 0 Å². The molecule has 1 aliphatic carbocycles. The highest BCUT2D eigenvalue weighted by atomic mass is 16.3. The van der Waals surface area contributed by atoms with Gasteiger partial charge in [0, 0.05) is 11.6 Å². The number of nitrogens with zero attached hydrogens (tertiary/aromatic N) is 1. The quantitative estimate of drug-likeness (QED) is 0.729. The molecule has 2 fully saturated rings. The van der Waals surface area contributed by atoms with E-state index < -0.39 is 0 Å². The van der Waals surface area contributed by atoms with E-state index in [0.29, 0.717) is 6.04 Å². The van der Waals surface area contributed by atoms with E-state index in [2.05, 4.69) is 24.1 Å². The van der Waals surface area contributed by atoms with Gasteiger partial charge in [-0.1, -0.05) is 6.92 Å². The molecular weight excluding hydrogens is 224 g/mol. The van der Waals surface area contributed by atoms with Gasteiger partial charge in [-0.3, -0.25) is 0 Å². The van der Waals surface area contributed by atoms with Gasteiger partial charge in [-0.25, -0.2) is 0 Å². The number of nitrogens with one attached hydrogen (secondary N) is 1. The third kappa shape index (κ3) is 4.52. The Balaban J connectivity index is 1.63. The third-order valence-electron chi connectivity index (χ3n) is 4.56. The highest BCUT2D eigenvalue weighted by Gasteiger charge is 2.31. The van der Waals surface area contributed by atoms with Gasteiger partial charge in [-0.2, -0.15) is 0 Å². The van der Waals surface area contributed by atoms with Crippen molar-refractivity contribution in [2.24, 2.45) is 5.92 Å². The van der Waals surface area contributed by atoms with Gasteiger partial charge in [0.2, 0.25) is 0 Å². The molecule has 1 atom stereocenters. The van der Waals surface area contributed by atoms with Gasteiger partial charge in [0.15, 0.2) is 0 Å². The molecule has 0 radical (unpaired) electrons. The Kier molecular flexibility index (Phi) is 5.05. The van der Waals surface area contributed by atoms with Crippen LogP contribution < -0.4 is 5.32 Å². The molecule has 2 aliphatic rings. The Labute approximate surface area is 112 Å². The van der Waals surface area contributed by atoms with Crippen LogP contribution in [0.25, 0.3) is 0 Å². The lowest BCUT2D eigenvalue weighted by Gasteiger charge is -2.33. The molecule has 0 spiro atoms. The van der Waals surface area contributed by atoms with Crippen LogP contribution in [0.3, 0.4) is 0 Å². The number of rotatable bonds is 7. The molecule has 0 aromatic rings.